The highest BCUT2D eigenvalue weighted by Crippen LogP contribution is 2.31. The molecule has 1 aliphatic rings. The van der Waals surface area contributed by atoms with Crippen LogP contribution in [-0.2, 0) is 0 Å². The molecule has 3 rings (SSSR count). The van der Waals surface area contributed by atoms with Gasteiger partial charge in [0.25, 0.3) is 0 Å². The molecule has 1 aliphatic carbocycles. The van der Waals surface area contributed by atoms with Crippen molar-refractivity contribution in [2.45, 2.75) is 12.8 Å². The third-order valence-corrected chi connectivity index (χ3v) is 4.24. The fraction of sp³-hybridized carbons (Fsp3) is 0.211. The maximum atomic E-state index is 9.75. The van der Waals surface area contributed by atoms with Gasteiger partial charge in [0.05, 0.1) is 11.8 Å². The number of benzene rings is 2. The van der Waals surface area contributed by atoms with Gasteiger partial charge in [0, 0.05) is 36.7 Å². The van der Waals surface area contributed by atoms with Gasteiger partial charge in [0.15, 0.2) is 5.71 Å². The highest BCUT2D eigenvalue weighted by Gasteiger charge is 2.38. The summed E-state index contributed by atoms with van der Waals surface area (Å²) < 4.78 is 41.2. The molecule has 0 aliphatic heterocycles. The molecule has 1 fully saturated rings. The summed E-state index contributed by atoms with van der Waals surface area (Å²) in [5.74, 6) is 0.207. The van der Waals surface area contributed by atoms with Gasteiger partial charge in [0.2, 0.25) is 11.4 Å². The molecule has 142 valence electrons. The monoisotopic (exact) mass is 377 g/mol. The largest absolute Gasteiger partial charge is 0.673 e. The molecule has 0 heterocycles. The first kappa shape index (κ1) is 20.5. The maximum absolute atomic E-state index is 9.75. The molecule has 0 aromatic heterocycles. The van der Waals surface area contributed by atoms with Gasteiger partial charge in [-0.3, -0.25) is 0 Å². The lowest BCUT2D eigenvalue weighted by atomic mass is 10.0. The molecule has 0 saturated heterocycles. The topological polar surface area (TPSA) is 50.7 Å². The lowest BCUT2D eigenvalue weighted by molar-refractivity contribution is 0.368. The summed E-state index contributed by atoms with van der Waals surface area (Å²) in [5, 5.41) is 15.5. The van der Waals surface area contributed by atoms with Crippen LogP contribution < -0.4 is 4.58 Å². The van der Waals surface area contributed by atoms with Gasteiger partial charge >= 0.3 is 7.25 Å². The maximum Gasteiger partial charge on any atom is 0.673 e. The predicted molar refractivity (Wildman–Crippen MR) is 103 cm³/mol. The Bertz CT molecular complexity index is 726. The molecular weight excluding hydrogens is 357 g/mol. The van der Waals surface area contributed by atoms with Crippen LogP contribution in [0.4, 0.5) is 28.6 Å². The zero-order valence-electron chi connectivity index (χ0n) is 14.5. The van der Waals surface area contributed by atoms with E-state index < -0.39 is 7.25 Å². The van der Waals surface area contributed by atoms with Gasteiger partial charge in [-0.25, -0.2) is 0 Å². The van der Waals surface area contributed by atoms with Crippen molar-refractivity contribution >= 4 is 36.8 Å². The van der Waals surface area contributed by atoms with Crippen LogP contribution in [-0.4, -0.2) is 25.4 Å². The quantitative estimate of drug-likeness (QED) is 0.302. The fourth-order valence-corrected chi connectivity index (χ4v) is 3.20. The van der Waals surface area contributed by atoms with E-state index in [1.807, 2.05) is 36.4 Å². The smallest absolute Gasteiger partial charge is 0.418 e. The summed E-state index contributed by atoms with van der Waals surface area (Å²) >= 11 is 0. The molecule has 2 aromatic rings. The van der Waals surface area contributed by atoms with Crippen LogP contribution in [0.2, 0.25) is 0 Å². The van der Waals surface area contributed by atoms with Crippen molar-refractivity contribution in [3.05, 3.63) is 60.7 Å². The van der Waals surface area contributed by atoms with Crippen LogP contribution in [0.3, 0.4) is 0 Å². The number of hydrogen-bond donors (Lipinski definition) is 2. The minimum atomic E-state index is -6.00. The molecule has 2 unspecified atom stereocenters. The number of hydrogen-bond acceptors (Lipinski definition) is 2. The number of halogens is 4. The molecule has 8 heteroatoms. The Labute approximate surface area is 155 Å². The van der Waals surface area contributed by atoms with E-state index in [0.717, 1.165) is 29.9 Å². The molecular formula is C19H20BF4N3. The number of nitrogens with zero attached hydrogens (tertiary/aromatic N) is 1. The molecule has 27 heavy (non-hydrogen) atoms. The van der Waals surface area contributed by atoms with Crippen LogP contribution in [0.1, 0.15) is 12.8 Å². The summed E-state index contributed by atoms with van der Waals surface area (Å²) in [6, 6.07) is 20.5. The Morgan fingerprint density at radius 3 is 1.37 bits per heavy atom. The Morgan fingerprint density at radius 2 is 1.07 bits per heavy atom. The minimum Gasteiger partial charge on any atom is -0.418 e. The third-order valence-electron chi connectivity index (χ3n) is 4.24. The zero-order chi connectivity index (χ0) is 19.9. The van der Waals surface area contributed by atoms with Crippen molar-refractivity contribution in [3.8, 4) is 0 Å². The average Bonchev–Trinajstić information content (AvgIpc) is 3.05. The number of para-hydroxylation sites is 2. The average molecular weight is 377 g/mol. The normalized spacial score (nSPS) is 19.0. The Morgan fingerprint density at radius 1 is 0.741 bits per heavy atom. The van der Waals surface area contributed by atoms with E-state index >= 15 is 0 Å². The van der Waals surface area contributed by atoms with Gasteiger partial charge in [0.1, 0.15) is 0 Å². The molecule has 2 aromatic carbocycles. The highest BCUT2D eigenvalue weighted by molar-refractivity contribution is 6.50. The Balaban J connectivity index is 0.000000465. The van der Waals surface area contributed by atoms with Crippen molar-refractivity contribution in [3.63, 3.8) is 0 Å². The van der Waals surface area contributed by atoms with Crippen molar-refractivity contribution in [1.29, 1.82) is 10.8 Å². The number of nitrogens with one attached hydrogen (secondary N) is 2. The van der Waals surface area contributed by atoms with Crippen molar-refractivity contribution in [2.24, 2.45) is 11.8 Å². The van der Waals surface area contributed by atoms with Crippen LogP contribution in [0, 0.1) is 22.7 Å². The van der Waals surface area contributed by atoms with E-state index in [1.54, 1.807) is 0 Å². The van der Waals surface area contributed by atoms with Gasteiger partial charge in [-0.15, -0.1) is 0 Å². The lowest BCUT2D eigenvalue weighted by Gasteiger charge is -2.11. The van der Waals surface area contributed by atoms with Crippen LogP contribution in [0.5, 0.6) is 0 Å². The summed E-state index contributed by atoms with van der Waals surface area (Å²) in [6.07, 6.45) is 4.93. The molecule has 3 nitrogen and oxygen atoms in total. The highest BCUT2D eigenvalue weighted by atomic mass is 19.5. The first-order valence-electron chi connectivity index (χ1n) is 8.50. The van der Waals surface area contributed by atoms with Crippen molar-refractivity contribution in [1.82, 2.24) is 4.58 Å². The first-order chi connectivity index (χ1) is 12.8. The van der Waals surface area contributed by atoms with E-state index in [0.29, 0.717) is 0 Å². The standard InChI is InChI=1S/C19H20N3.BF4/c20-13-15-11-12-16(14-21)19(15)22(17-7-3-1-4-8-17)18-9-5-2-6-10-18;2-1(3,4)5/h1-10,13-16,20-21H,11-12H2;/q+1;-1. The molecule has 0 spiro atoms. The minimum absolute atomic E-state index is 0.104. The Hall–Kier alpha value is -2.77. The Kier molecular flexibility index (Phi) is 7.04. The van der Waals surface area contributed by atoms with E-state index in [-0.39, 0.29) is 11.8 Å². The van der Waals surface area contributed by atoms with Crippen LogP contribution in [0.25, 0.3) is 0 Å². The molecule has 1 saturated carbocycles. The second-order valence-electron chi connectivity index (χ2n) is 6.05. The van der Waals surface area contributed by atoms with Crippen molar-refractivity contribution in [2.75, 3.05) is 0 Å². The molecule has 0 bridgehead atoms. The summed E-state index contributed by atoms with van der Waals surface area (Å²) in [4.78, 5) is 0. The van der Waals surface area contributed by atoms with Gasteiger partial charge in [-0.05, 0) is 12.8 Å². The van der Waals surface area contributed by atoms with Gasteiger partial charge < -0.3 is 28.1 Å². The first-order valence-corrected chi connectivity index (χ1v) is 8.50. The summed E-state index contributed by atoms with van der Waals surface area (Å²) in [5.41, 5.74) is 3.32. The molecule has 0 radical (unpaired) electrons. The zero-order valence-corrected chi connectivity index (χ0v) is 14.5. The van der Waals surface area contributed by atoms with Crippen LogP contribution >= 0.6 is 0 Å². The second kappa shape index (κ2) is 9.25. The van der Waals surface area contributed by atoms with E-state index in [1.165, 1.54) is 12.4 Å². The lowest BCUT2D eigenvalue weighted by Crippen LogP contribution is -2.28. The van der Waals surface area contributed by atoms with Gasteiger partial charge in [-0.2, -0.15) is 4.58 Å². The van der Waals surface area contributed by atoms with Gasteiger partial charge in [-0.1, -0.05) is 36.4 Å². The molecule has 2 atom stereocenters. The summed E-state index contributed by atoms with van der Waals surface area (Å²) in [6.45, 7) is 0. The SMILES string of the molecule is F[B-](F)(F)F.N=CC1CCC(C=N)C1=[N+](c1ccccc1)c1ccccc1. The van der Waals surface area contributed by atoms with Crippen LogP contribution in [0.15, 0.2) is 60.7 Å². The third kappa shape index (κ3) is 5.87. The predicted octanol–water partition coefficient (Wildman–Crippen LogP) is 5.59. The van der Waals surface area contributed by atoms with E-state index in [2.05, 4.69) is 28.8 Å². The van der Waals surface area contributed by atoms with Crippen molar-refractivity contribution < 1.29 is 17.3 Å². The fourth-order valence-electron chi connectivity index (χ4n) is 3.20. The molecule has 2 N–H and O–H groups in total. The second-order valence-corrected chi connectivity index (χ2v) is 6.05. The summed E-state index contributed by atoms with van der Waals surface area (Å²) in [7, 11) is -6.00. The molecule has 0 amide bonds. The number of rotatable bonds is 4. The van der Waals surface area contributed by atoms with E-state index in [4.69, 9.17) is 10.8 Å². The van der Waals surface area contributed by atoms with E-state index in [9.17, 15) is 17.3 Å².